The number of nitrogens with zero attached hydrogens (tertiary/aromatic N) is 1. The Kier molecular flexibility index (Phi) is 4.36. The largest absolute Gasteiger partial charge is 0.444 e. The first kappa shape index (κ1) is 14.3. The number of hydrogen-bond acceptors (Lipinski definition) is 5. The van der Waals surface area contributed by atoms with Gasteiger partial charge in [0.05, 0.1) is 23.1 Å². The van der Waals surface area contributed by atoms with E-state index in [-0.39, 0.29) is 24.3 Å². The molecule has 2 aromatic heterocycles. The van der Waals surface area contributed by atoms with Crippen LogP contribution in [0.4, 0.5) is 0 Å². The summed E-state index contributed by atoms with van der Waals surface area (Å²) in [7, 11) is 0. The van der Waals surface area contributed by atoms with Gasteiger partial charge < -0.3 is 14.8 Å². The molecular formula is C15H18N2O3S. The number of carbonyl (C=O) groups is 1. The molecule has 6 heteroatoms. The molecule has 5 nitrogen and oxygen atoms in total. The highest BCUT2D eigenvalue weighted by Crippen LogP contribution is 2.25. The van der Waals surface area contributed by atoms with E-state index in [0.717, 1.165) is 24.1 Å². The summed E-state index contributed by atoms with van der Waals surface area (Å²) in [6.45, 7) is 0.537. The summed E-state index contributed by atoms with van der Waals surface area (Å²) >= 11 is 1.55. The Labute approximate surface area is 127 Å². The van der Waals surface area contributed by atoms with Crippen molar-refractivity contribution in [2.45, 2.75) is 31.8 Å². The molecule has 1 fully saturated rings. The van der Waals surface area contributed by atoms with Gasteiger partial charge in [-0.3, -0.25) is 4.79 Å². The van der Waals surface area contributed by atoms with E-state index in [9.17, 15) is 9.90 Å². The maximum Gasteiger partial charge on any atom is 0.236 e. The van der Waals surface area contributed by atoms with E-state index < -0.39 is 0 Å². The second-order valence-corrected chi connectivity index (χ2v) is 6.31. The third kappa shape index (κ3) is 3.51. The van der Waals surface area contributed by atoms with Crippen molar-refractivity contribution in [1.29, 1.82) is 0 Å². The van der Waals surface area contributed by atoms with E-state index in [1.54, 1.807) is 11.3 Å². The topological polar surface area (TPSA) is 75.4 Å². The summed E-state index contributed by atoms with van der Waals surface area (Å²) in [5.74, 6) is 0.659. The Balaban J connectivity index is 1.51. The molecule has 0 radical (unpaired) electrons. The molecule has 112 valence electrons. The molecule has 0 aliphatic heterocycles. The van der Waals surface area contributed by atoms with Gasteiger partial charge >= 0.3 is 0 Å². The van der Waals surface area contributed by atoms with Gasteiger partial charge in [0.1, 0.15) is 6.26 Å². The first-order valence-electron chi connectivity index (χ1n) is 7.15. The smallest absolute Gasteiger partial charge is 0.236 e. The zero-order valence-electron chi connectivity index (χ0n) is 11.6. The Morgan fingerprint density at radius 1 is 1.52 bits per heavy atom. The highest BCUT2D eigenvalue weighted by Gasteiger charge is 2.25. The molecule has 21 heavy (non-hydrogen) atoms. The van der Waals surface area contributed by atoms with Crippen LogP contribution in [0.5, 0.6) is 0 Å². The summed E-state index contributed by atoms with van der Waals surface area (Å²) in [5, 5.41) is 14.5. The van der Waals surface area contributed by atoms with Gasteiger partial charge in [-0.25, -0.2) is 4.98 Å². The van der Waals surface area contributed by atoms with Gasteiger partial charge in [0.25, 0.3) is 0 Å². The minimum atomic E-state index is -0.275. The molecule has 2 heterocycles. The van der Waals surface area contributed by atoms with Gasteiger partial charge in [0.2, 0.25) is 11.8 Å². The molecule has 2 aromatic rings. The number of amides is 1. The number of carbonyl (C=O) groups excluding carboxylic acids is 1. The maximum atomic E-state index is 11.9. The van der Waals surface area contributed by atoms with Crippen molar-refractivity contribution >= 4 is 17.2 Å². The number of hydrogen-bond donors (Lipinski definition) is 2. The summed E-state index contributed by atoms with van der Waals surface area (Å²) < 4.78 is 5.38. The average molecular weight is 306 g/mol. The van der Waals surface area contributed by atoms with Crippen LogP contribution in [0.3, 0.4) is 0 Å². The van der Waals surface area contributed by atoms with Gasteiger partial charge in [0, 0.05) is 12.5 Å². The van der Waals surface area contributed by atoms with Crippen molar-refractivity contribution in [1.82, 2.24) is 10.3 Å². The number of aliphatic hydroxyl groups is 1. The third-order valence-electron chi connectivity index (χ3n) is 3.81. The van der Waals surface area contributed by atoms with Crippen molar-refractivity contribution < 1.29 is 14.3 Å². The standard InChI is InChI=1S/C15H18N2O3S/c18-12-4-1-3-10(12)8-16-14(19)7-11-9-20-15(17-11)13-5-2-6-21-13/h2,5-6,9-10,12,18H,1,3-4,7-8H2,(H,16,19). The van der Waals surface area contributed by atoms with Gasteiger partial charge in [-0.05, 0) is 24.3 Å². The molecule has 0 aromatic carbocycles. The SMILES string of the molecule is O=C(Cc1coc(-c2cccs2)n1)NCC1CCCC1O. The van der Waals surface area contributed by atoms with Crippen LogP contribution in [0.25, 0.3) is 10.8 Å². The fraction of sp³-hybridized carbons (Fsp3) is 0.467. The molecule has 1 aliphatic carbocycles. The number of thiophene rings is 1. The fourth-order valence-corrected chi connectivity index (χ4v) is 3.28. The molecule has 2 N–H and O–H groups in total. The van der Waals surface area contributed by atoms with Crippen molar-refractivity contribution in [2.24, 2.45) is 5.92 Å². The number of aromatic nitrogens is 1. The number of rotatable bonds is 5. The molecule has 2 atom stereocenters. The molecule has 2 unspecified atom stereocenters. The quantitative estimate of drug-likeness (QED) is 0.888. The van der Waals surface area contributed by atoms with Crippen molar-refractivity contribution in [2.75, 3.05) is 6.54 Å². The van der Waals surface area contributed by atoms with Gasteiger partial charge in [-0.2, -0.15) is 0 Å². The minimum absolute atomic E-state index is 0.0832. The first-order chi connectivity index (χ1) is 10.2. The second kappa shape index (κ2) is 6.41. The zero-order chi connectivity index (χ0) is 14.7. The van der Waals surface area contributed by atoms with E-state index in [4.69, 9.17) is 4.42 Å². The molecule has 1 aliphatic rings. The zero-order valence-corrected chi connectivity index (χ0v) is 12.4. The van der Waals surface area contributed by atoms with Crippen molar-refractivity contribution in [3.05, 3.63) is 29.5 Å². The van der Waals surface area contributed by atoms with Gasteiger partial charge in [-0.1, -0.05) is 12.5 Å². The first-order valence-corrected chi connectivity index (χ1v) is 8.03. The lowest BCUT2D eigenvalue weighted by Crippen LogP contribution is -2.33. The van der Waals surface area contributed by atoms with E-state index in [1.807, 2.05) is 17.5 Å². The fourth-order valence-electron chi connectivity index (χ4n) is 2.63. The van der Waals surface area contributed by atoms with Crippen LogP contribution >= 0.6 is 11.3 Å². The monoisotopic (exact) mass is 306 g/mol. The third-order valence-corrected chi connectivity index (χ3v) is 4.66. The lowest BCUT2D eigenvalue weighted by molar-refractivity contribution is -0.120. The Bertz CT molecular complexity index is 594. The Morgan fingerprint density at radius 3 is 3.14 bits per heavy atom. The molecule has 0 bridgehead atoms. The van der Waals surface area contributed by atoms with Crippen molar-refractivity contribution in [3.63, 3.8) is 0 Å². The van der Waals surface area contributed by atoms with Crippen LogP contribution in [0, 0.1) is 5.92 Å². The van der Waals surface area contributed by atoms with E-state index >= 15 is 0 Å². The number of oxazole rings is 1. The van der Waals surface area contributed by atoms with E-state index in [2.05, 4.69) is 10.3 Å². The normalized spacial score (nSPS) is 21.6. The van der Waals surface area contributed by atoms with Crippen LogP contribution in [0.2, 0.25) is 0 Å². The molecule has 1 amide bonds. The number of aliphatic hydroxyl groups excluding tert-OH is 1. The maximum absolute atomic E-state index is 11.9. The summed E-state index contributed by atoms with van der Waals surface area (Å²) in [4.78, 5) is 17.2. The van der Waals surface area contributed by atoms with Crippen molar-refractivity contribution in [3.8, 4) is 10.8 Å². The molecule has 3 rings (SSSR count). The molecule has 0 spiro atoms. The summed E-state index contributed by atoms with van der Waals surface area (Å²) in [6, 6.07) is 3.87. The lowest BCUT2D eigenvalue weighted by atomic mass is 10.1. The van der Waals surface area contributed by atoms with E-state index in [1.165, 1.54) is 6.26 Å². The van der Waals surface area contributed by atoms with Crippen LogP contribution in [0.15, 0.2) is 28.2 Å². The van der Waals surface area contributed by atoms with Gasteiger partial charge in [-0.15, -0.1) is 11.3 Å². The predicted molar refractivity (Wildman–Crippen MR) is 79.9 cm³/mol. The number of nitrogens with one attached hydrogen (secondary N) is 1. The highest BCUT2D eigenvalue weighted by atomic mass is 32.1. The van der Waals surface area contributed by atoms with Crippen LogP contribution in [-0.4, -0.2) is 28.6 Å². The van der Waals surface area contributed by atoms with Gasteiger partial charge in [0.15, 0.2) is 0 Å². The van der Waals surface area contributed by atoms with Crippen LogP contribution in [-0.2, 0) is 11.2 Å². The Hall–Kier alpha value is -1.66. The van der Waals surface area contributed by atoms with E-state index in [0.29, 0.717) is 18.1 Å². The molecule has 1 saturated carbocycles. The predicted octanol–water partition coefficient (Wildman–Crippen LogP) is 2.22. The van der Waals surface area contributed by atoms with Crippen LogP contribution < -0.4 is 5.32 Å². The molecular weight excluding hydrogens is 288 g/mol. The lowest BCUT2D eigenvalue weighted by Gasteiger charge is -2.14. The minimum Gasteiger partial charge on any atom is -0.444 e. The Morgan fingerprint density at radius 2 is 2.43 bits per heavy atom. The second-order valence-electron chi connectivity index (χ2n) is 5.36. The summed E-state index contributed by atoms with van der Waals surface area (Å²) in [5.41, 5.74) is 0.628. The highest BCUT2D eigenvalue weighted by molar-refractivity contribution is 7.13. The van der Waals surface area contributed by atoms with Crippen LogP contribution in [0.1, 0.15) is 25.0 Å². The summed E-state index contributed by atoms with van der Waals surface area (Å²) in [6.07, 6.45) is 4.32. The molecule has 0 saturated heterocycles. The average Bonchev–Trinajstić information content (AvgIpc) is 3.17.